The van der Waals surface area contributed by atoms with Crippen LogP contribution in [0.25, 0.3) is 33.3 Å². The van der Waals surface area contributed by atoms with E-state index in [-0.39, 0.29) is 17.9 Å². The van der Waals surface area contributed by atoms with Crippen LogP contribution in [0.3, 0.4) is 0 Å². The predicted octanol–water partition coefficient (Wildman–Crippen LogP) is 6.29. The standard InChI is InChI=1S/C24H13F6N3O2/c25-23(26,27)15-11-16(14-9-5-2-6-10-14)31-20-17(15)18-19(21(34)35-22(32-18)24(28,29)30)33(20)12-13-7-3-1-4-8-13/h1-11H,12H2. The summed E-state index contributed by atoms with van der Waals surface area (Å²) in [5, 5.41) is -0.707. The molecule has 5 aromatic rings. The fraction of sp³-hybridized carbons (Fsp3) is 0.125. The largest absolute Gasteiger partial charge is 0.469 e. The van der Waals surface area contributed by atoms with Gasteiger partial charge in [-0.1, -0.05) is 60.7 Å². The zero-order valence-electron chi connectivity index (χ0n) is 17.5. The third-order valence-corrected chi connectivity index (χ3v) is 5.38. The van der Waals surface area contributed by atoms with Crippen LogP contribution < -0.4 is 5.63 Å². The van der Waals surface area contributed by atoms with Crippen LogP contribution in [0, 0.1) is 0 Å². The van der Waals surface area contributed by atoms with Gasteiger partial charge in [-0.2, -0.15) is 26.3 Å². The number of pyridine rings is 1. The molecule has 0 atom stereocenters. The molecule has 0 aliphatic heterocycles. The Morgan fingerprint density at radius 1 is 0.829 bits per heavy atom. The number of hydrogen-bond acceptors (Lipinski definition) is 4. The summed E-state index contributed by atoms with van der Waals surface area (Å²) in [4.78, 5) is 20.4. The van der Waals surface area contributed by atoms with E-state index >= 15 is 0 Å². The molecule has 0 aliphatic carbocycles. The summed E-state index contributed by atoms with van der Waals surface area (Å²) in [6.45, 7) is -0.152. The molecule has 5 nitrogen and oxygen atoms in total. The topological polar surface area (TPSA) is 60.9 Å². The molecule has 0 spiro atoms. The van der Waals surface area contributed by atoms with Crippen molar-refractivity contribution in [2.45, 2.75) is 18.9 Å². The molecule has 0 unspecified atom stereocenters. The smallest absolute Gasteiger partial charge is 0.397 e. The predicted molar refractivity (Wildman–Crippen MR) is 115 cm³/mol. The SMILES string of the molecule is O=c1oc(C(F)(F)F)nc2c3c(C(F)(F)F)cc(-c4ccccc4)nc3n(Cc3ccccc3)c12. The molecule has 2 aromatic carbocycles. The molecule has 35 heavy (non-hydrogen) atoms. The van der Waals surface area contributed by atoms with Crippen molar-refractivity contribution < 1.29 is 30.8 Å². The minimum Gasteiger partial charge on any atom is -0.397 e. The molecule has 3 aromatic heterocycles. The van der Waals surface area contributed by atoms with Gasteiger partial charge in [-0.15, -0.1) is 0 Å². The van der Waals surface area contributed by atoms with E-state index in [0.717, 1.165) is 10.6 Å². The number of hydrogen-bond donors (Lipinski definition) is 0. The summed E-state index contributed by atoms with van der Waals surface area (Å²) in [5.41, 5.74) is -3.52. The monoisotopic (exact) mass is 489 g/mol. The highest BCUT2D eigenvalue weighted by Crippen LogP contribution is 2.41. The maximum atomic E-state index is 14.2. The second-order valence-electron chi connectivity index (χ2n) is 7.69. The van der Waals surface area contributed by atoms with Gasteiger partial charge >= 0.3 is 23.9 Å². The van der Waals surface area contributed by atoms with Gasteiger partial charge < -0.3 is 8.98 Å². The van der Waals surface area contributed by atoms with Gasteiger partial charge in [-0.25, -0.2) is 14.8 Å². The highest BCUT2D eigenvalue weighted by atomic mass is 19.4. The summed E-state index contributed by atoms with van der Waals surface area (Å²) in [7, 11) is 0. The zero-order chi connectivity index (χ0) is 25.0. The number of alkyl halides is 6. The molecular formula is C24H13F6N3O2. The minimum atomic E-state index is -5.18. The van der Waals surface area contributed by atoms with Gasteiger partial charge in [0.25, 0.3) is 0 Å². The fourth-order valence-corrected chi connectivity index (χ4v) is 3.91. The Bertz CT molecular complexity index is 1600. The lowest BCUT2D eigenvalue weighted by Crippen LogP contribution is -2.15. The van der Waals surface area contributed by atoms with E-state index in [1.54, 1.807) is 60.7 Å². The van der Waals surface area contributed by atoms with Crippen molar-refractivity contribution in [3.8, 4) is 11.3 Å². The van der Waals surface area contributed by atoms with Crippen LogP contribution in [-0.2, 0) is 18.9 Å². The van der Waals surface area contributed by atoms with E-state index in [1.165, 1.54) is 0 Å². The Morgan fingerprint density at radius 2 is 1.46 bits per heavy atom. The highest BCUT2D eigenvalue weighted by molar-refractivity contribution is 6.06. The Kier molecular flexibility index (Phi) is 5.15. The number of benzene rings is 2. The van der Waals surface area contributed by atoms with Crippen molar-refractivity contribution in [1.82, 2.24) is 14.5 Å². The van der Waals surface area contributed by atoms with E-state index in [2.05, 4.69) is 14.4 Å². The summed E-state index contributed by atoms with van der Waals surface area (Å²) < 4.78 is 88.2. The molecule has 11 heteroatoms. The van der Waals surface area contributed by atoms with E-state index < -0.39 is 45.9 Å². The average Bonchev–Trinajstić information content (AvgIpc) is 3.12. The lowest BCUT2D eigenvalue weighted by molar-refractivity contribution is -0.158. The number of aromatic nitrogens is 3. The van der Waals surface area contributed by atoms with Gasteiger partial charge in [-0.05, 0) is 11.6 Å². The average molecular weight is 489 g/mol. The van der Waals surface area contributed by atoms with Gasteiger partial charge in [0, 0.05) is 12.1 Å². The molecule has 0 saturated carbocycles. The normalized spacial score (nSPS) is 12.5. The lowest BCUT2D eigenvalue weighted by atomic mass is 10.1. The van der Waals surface area contributed by atoms with Gasteiger partial charge in [0.05, 0.1) is 16.6 Å². The van der Waals surface area contributed by atoms with Gasteiger partial charge in [0.1, 0.15) is 11.2 Å². The van der Waals surface area contributed by atoms with Crippen LogP contribution >= 0.6 is 0 Å². The molecule has 0 fully saturated rings. The molecule has 5 rings (SSSR count). The van der Waals surface area contributed by atoms with Crippen LogP contribution in [-0.4, -0.2) is 14.5 Å². The number of rotatable bonds is 3. The second-order valence-corrected chi connectivity index (χ2v) is 7.69. The first-order valence-corrected chi connectivity index (χ1v) is 10.2. The second kappa shape index (κ2) is 7.97. The van der Waals surface area contributed by atoms with Gasteiger partial charge in [-0.3, -0.25) is 0 Å². The summed E-state index contributed by atoms with van der Waals surface area (Å²) in [6.07, 6.45) is -10.2. The first-order valence-electron chi connectivity index (χ1n) is 10.2. The van der Waals surface area contributed by atoms with Crippen LogP contribution in [0.15, 0.2) is 75.9 Å². The van der Waals surface area contributed by atoms with Crippen molar-refractivity contribution in [3.63, 3.8) is 0 Å². The molecule has 178 valence electrons. The maximum absolute atomic E-state index is 14.2. The van der Waals surface area contributed by atoms with Crippen molar-refractivity contribution in [2.75, 3.05) is 0 Å². The minimum absolute atomic E-state index is 0.0667. The first kappa shape index (κ1) is 22.6. The number of nitrogens with zero attached hydrogens (tertiary/aromatic N) is 3. The van der Waals surface area contributed by atoms with E-state index in [1.807, 2.05) is 0 Å². The summed E-state index contributed by atoms with van der Waals surface area (Å²) >= 11 is 0. The van der Waals surface area contributed by atoms with Crippen LogP contribution in [0.4, 0.5) is 26.3 Å². The third-order valence-electron chi connectivity index (χ3n) is 5.38. The quantitative estimate of drug-likeness (QED) is 0.280. The van der Waals surface area contributed by atoms with E-state index in [9.17, 15) is 31.1 Å². The molecule has 0 N–H and O–H groups in total. The van der Waals surface area contributed by atoms with E-state index in [4.69, 9.17) is 0 Å². The van der Waals surface area contributed by atoms with Gasteiger partial charge in [0.15, 0.2) is 5.52 Å². The molecule has 0 amide bonds. The van der Waals surface area contributed by atoms with Crippen LogP contribution in [0.2, 0.25) is 0 Å². The zero-order valence-corrected chi connectivity index (χ0v) is 17.5. The molecular weight excluding hydrogens is 476 g/mol. The number of halogens is 6. The molecule has 0 bridgehead atoms. The summed E-state index contributed by atoms with van der Waals surface area (Å²) in [5.74, 6) is -1.94. The van der Waals surface area contributed by atoms with E-state index in [0.29, 0.717) is 11.1 Å². The van der Waals surface area contributed by atoms with Crippen molar-refractivity contribution in [2.24, 2.45) is 0 Å². The molecule has 0 aliphatic rings. The van der Waals surface area contributed by atoms with Crippen LogP contribution in [0.5, 0.6) is 0 Å². The van der Waals surface area contributed by atoms with Crippen LogP contribution in [0.1, 0.15) is 17.0 Å². The first-order chi connectivity index (χ1) is 16.5. The molecule has 0 radical (unpaired) electrons. The van der Waals surface area contributed by atoms with Crippen molar-refractivity contribution in [3.05, 3.63) is 94.2 Å². The number of fused-ring (bicyclic) bond motifs is 3. The van der Waals surface area contributed by atoms with Gasteiger partial charge in [0.2, 0.25) is 0 Å². The Hall–Kier alpha value is -4.15. The lowest BCUT2D eigenvalue weighted by Gasteiger charge is -2.12. The fourth-order valence-electron chi connectivity index (χ4n) is 3.91. The Balaban J connectivity index is 1.96. The molecule has 3 heterocycles. The highest BCUT2D eigenvalue weighted by Gasteiger charge is 2.40. The molecule has 0 saturated heterocycles. The Labute approximate surface area is 192 Å². The Morgan fingerprint density at radius 3 is 2.06 bits per heavy atom. The third kappa shape index (κ3) is 4.02. The maximum Gasteiger partial charge on any atom is 0.469 e. The summed E-state index contributed by atoms with van der Waals surface area (Å²) in [6, 6.07) is 17.1. The van der Waals surface area contributed by atoms with Crippen molar-refractivity contribution >= 4 is 22.1 Å². The van der Waals surface area contributed by atoms with Crippen molar-refractivity contribution in [1.29, 1.82) is 0 Å².